The topological polar surface area (TPSA) is 63.4 Å². The molecular weight excluding hydrogens is 154 g/mol. The standard InChI is InChI=1S/C8H10N3O/c9-7-3-1-2-4-8(7)12-6-5-11-10/h1-4H,5-6,9H2/q+1. The largest absolute Gasteiger partial charge is 0.483 e. The Labute approximate surface area is 70.6 Å². The SMILES string of the molecule is N#[N+]CCOc1ccccc1N. The van der Waals surface area contributed by atoms with Gasteiger partial charge < -0.3 is 10.5 Å². The van der Waals surface area contributed by atoms with E-state index in [1.807, 2.05) is 12.1 Å². The zero-order valence-corrected chi connectivity index (χ0v) is 6.60. The van der Waals surface area contributed by atoms with E-state index in [9.17, 15) is 0 Å². The molecule has 0 aliphatic heterocycles. The van der Waals surface area contributed by atoms with Crippen LogP contribution in [0, 0.1) is 5.39 Å². The number of ether oxygens (including phenoxy) is 1. The number of nitrogens with two attached hydrogens (primary N) is 1. The summed E-state index contributed by atoms with van der Waals surface area (Å²) >= 11 is 0. The average molecular weight is 164 g/mol. The highest BCUT2D eigenvalue weighted by molar-refractivity contribution is 5.51. The fourth-order valence-electron chi connectivity index (χ4n) is 0.808. The summed E-state index contributed by atoms with van der Waals surface area (Å²) in [5.41, 5.74) is 6.18. The number of nitrogens with zero attached hydrogens (tertiary/aromatic N) is 2. The molecule has 0 aromatic heterocycles. The molecule has 0 saturated heterocycles. The van der Waals surface area contributed by atoms with E-state index in [2.05, 4.69) is 4.98 Å². The van der Waals surface area contributed by atoms with E-state index in [0.717, 1.165) is 0 Å². The summed E-state index contributed by atoms with van der Waals surface area (Å²) in [6.45, 7) is 0.596. The van der Waals surface area contributed by atoms with Crippen LogP contribution in [0.3, 0.4) is 0 Å². The lowest BCUT2D eigenvalue weighted by Crippen LogP contribution is -2.01. The minimum Gasteiger partial charge on any atom is -0.483 e. The van der Waals surface area contributed by atoms with E-state index in [1.165, 1.54) is 0 Å². The quantitative estimate of drug-likeness (QED) is 0.418. The Bertz CT molecular complexity index is 293. The highest BCUT2D eigenvalue weighted by Gasteiger charge is 2.00. The van der Waals surface area contributed by atoms with Gasteiger partial charge in [-0.25, -0.2) is 0 Å². The van der Waals surface area contributed by atoms with Gasteiger partial charge in [0.15, 0.2) is 6.61 Å². The molecule has 4 heteroatoms. The molecule has 12 heavy (non-hydrogen) atoms. The number of benzene rings is 1. The molecule has 1 aromatic rings. The van der Waals surface area contributed by atoms with Gasteiger partial charge in [-0.1, -0.05) is 12.1 Å². The molecule has 0 radical (unpaired) electrons. The van der Waals surface area contributed by atoms with Crippen molar-refractivity contribution in [1.82, 2.24) is 0 Å². The van der Waals surface area contributed by atoms with Crippen molar-refractivity contribution in [2.24, 2.45) is 0 Å². The van der Waals surface area contributed by atoms with Crippen molar-refractivity contribution in [3.05, 3.63) is 29.2 Å². The van der Waals surface area contributed by atoms with Gasteiger partial charge in [-0.05, 0) is 12.1 Å². The zero-order chi connectivity index (χ0) is 8.81. The van der Waals surface area contributed by atoms with Crippen molar-refractivity contribution in [1.29, 1.82) is 5.39 Å². The molecule has 0 unspecified atom stereocenters. The number of diazo groups is 1. The summed E-state index contributed by atoms with van der Waals surface area (Å²) in [7, 11) is 0. The lowest BCUT2D eigenvalue weighted by Gasteiger charge is -2.03. The van der Waals surface area contributed by atoms with Crippen molar-refractivity contribution in [3.8, 4) is 5.75 Å². The Morgan fingerprint density at radius 1 is 1.42 bits per heavy atom. The lowest BCUT2D eigenvalue weighted by molar-refractivity contribution is 0.337. The van der Waals surface area contributed by atoms with Crippen molar-refractivity contribution in [3.63, 3.8) is 0 Å². The van der Waals surface area contributed by atoms with Crippen molar-refractivity contribution in [2.45, 2.75) is 0 Å². The molecule has 2 N–H and O–H groups in total. The first kappa shape index (κ1) is 8.34. The predicted molar refractivity (Wildman–Crippen MR) is 46.3 cm³/mol. The zero-order valence-electron chi connectivity index (χ0n) is 6.60. The van der Waals surface area contributed by atoms with E-state index in [-0.39, 0.29) is 6.54 Å². The molecule has 1 rings (SSSR count). The molecule has 0 aliphatic carbocycles. The first-order valence-electron chi connectivity index (χ1n) is 3.63. The summed E-state index contributed by atoms with van der Waals surface area (Å²) in [6, 6.07) is 7.19. The second-order valence-electron chi connectivity index (χ2n) is 2.25. The Morgan fingerprint density at radius 2 is 2.17 bits per heavy atom. The molecule has 0 fully saturated rings. The molecule has 1 aromatic carbocycles. The van der Waals surface area contributed by atoms with Crippen molar-refractivity contribution < 1.29 is 4.74 Å². The second kappa shape index (κ2) is 4.19. The Hall–Kier alpha value is -1.76. The van der Waals surface area contributed by atoms with Crippen LogP contribution >= 0.6 is 0 Å². The van der Waals surface area contributed by atoms with Gasteiger partial charge in [0.05, 0.1) is 5.69 Å². The lowest BCUT2D eigenvalue weighted by atomic mass is 10.3. The van der Waals surface area contributed by atoms with Crippen LogP contribution in [0.4, 0.5) is 5.69 Å². The molecular formula is C8H10N3O+. The fraction of sp³-hybridized carbons (Fsp3) is 0.250. The number of nitrogen functional groups attached to an aromatic ring is 1. The summed E-state index contributed by atoms with van der Waals surface area (Å²) in [6.07, 6.45) is 0. The maximum absolute atomic E-state index is 8.13. The third-order valence-corrected chi connectivity index (χ3v) is 1.37. The van der Waals surface area contributed by atoms with E-state index >= 15 is 0 Å². The first-order chi connectivity index (χ1) is 5.84. The highest BCUT2D eigenvalue weighted by atomic mass is 16.5. The van der Waals surface area contributed by atoms with Crippen LogP contribution in [0.2, 0.25) is 0 Å². The molecule has 0 aliphatic rings. The van der Waals surface area contributed by atoms with Gasteiger partial charge in [0.2, 0.25) is 5.39 Å². The van der Waals surface area contributed by atoms with Gasteiger partial charge in [-0.3, -0.25) is 0 Å². The van der Waals surface area contributed by atoms with E-state index < -0.39 is 0 Å². The van der Waals surface area contributed by atoms with Gasteiger partial charge >= 0.3 is 6.54 Å². The number of rotatable bonds is 3. The van der Waals surface area contributed by atoms with Crippen LogP contribution in [0.1, 0.15) is 0 Å². The molecule has 4 nitrogen and oxygen atoms in total. The normalized spacial score (nSPS) is 8.92. The van der Waals surface area contributed by atoms with Gasteiger partial charge in [0.25, 0.3) is 0 Å². The molecule has 0 bridgehead atoms. The minimum absolute atomic E-state index is 0.258. The van der Waals surface area contributed by atoms with Crippen LogP contribution in [0.15, 0.2) is 24.3 Å². The monoisotopic (exact) mass is 164 g/mol. The maximum atomic E-state index is 8.13. The van der Waals surface area contributed by atoms with Crippen LogP contribution in [-0.4, -0.2) is 13.2 Å². The predicted octanol–water partition coefficient (Wildman–Crippen LogP) is 1.50. The second-order valence-corrected chi connectivity index (χ2v) is 2.25. The smallest absolute Gasteiger partial charge is 0.338 e. The van der Waals surface area contributed by atoms with Crippen LogP contribution in [-0.2, 0) is 0 Å². The van der Waals surface area contributed by atoms with Crippen LogP contribution in [0.25, 0.3) is 4.98 Å². The van der Waals surface area contributed by atoms with Gasteiger partial charge in [0.1, 0.15) is 10.7 Å². The molecule has 0 heterocycles. The number of para-hydroxylation sites is 2. The van der Waals surface area contributed by atoms with Crippen LogP contribution in [0.5, 0.6) is 5.75 Å². The molecule has 0 amide bonds. The molecule has 62 valence electrons. The fourth-order valence-corrected chi connectivity index (χ4v) is 0.808. The summed E-state index contributed by atoms with van der Waals surface area (Å²) < 4.78 is 5.20. The molecule has 0 saturated carbocycles. The summed E-state index contributed by atoms with van der Waals surface area (Å²) in [5.74, 6) is 0.626. The van der Waals surface area contributed by atoms with Crippen molar-refractivity contribution >= 4 is 5.69 Å². The van der Waals surface area contributed by atoms with E-state index in [4.69, 9.17) is 15.9 Å². The minimum atomic E-state index is 0.258. The Kier molecular flexibility index (Phi) is 2.91. The maximum Gasteiger partial charge on any atom is 0.338 e. The van der Waals surface area contributed by atoms with Gasteiger partial charge in [0, 0.05) is 0 Å². The number of hydrogen-bond donors (Lipinski definition) is 1. The van der Waals surface area contributed by atoms with Crippen molar-refractivity contribution in [2.75, 3.05) is 18.9 Å². The van der Waals surface area contributed by atoms with E-state index in [0.29, 0.717) is 18.0 Å². The average Bonchev–Trinajstić information content (AvgIpc) is 2.09. The van der Waals surface area contributed by atoms with Crippen LogP contribution < -0.4 is 10.5 Å². The highest BCUT2D eigenvalue weighted by Crippen LogP contribution is 2.19. The summed E-state index contributed by atoms with van der Waals surface area (Å²) in [4.78, 5) is 2.91. The summed E-state index contributed by atoms with van der Waals surface area (Å²) in [5, 5.41) is 8.13. The third kappa shape index (κ3) is 2.13. The van der Waals surface area contributed by atoms with Gasteiger partial charge in [-0.2, -0.15) is 0 Å². The molecule has 0 atom stereocenters. The number of hydrogen-bond acceptors (Lipinski definition) is 3. The first-order valence-corrected chi connectivity index (χ1v) is 3.63. The number of anilines is 1. The van der Waals surface area contributed by atoms with E-state index in [1.54, 1.807) is 12.1 Å². The third-order valence-electron chi connectivity index (χ3n) is 1.37. The Balaban J connectivity index is 2.53. The molecule has 0 spiro atoms. The Morgan fingerprint density at radius 3 is 2.83 bits per heavy atom. The van der Waals surface area contributed by atoms with Gasteiger partial charge in [-0.15, -0.1) is 0 Å².